The number of aromatic amines is 1. The molecule has 3 aromatic rings. The Morgan fingerprint density at radius 1 is 1.03 bits per heavy atom. The lowest BCUT2D eigenvalue weighted by molar-refractivity contribution is -0.136. The highest BCUT2D eigenvalue weighted by atomic mass is 19.1. The van der Waals surface area contributed by atoms with Crippen LogP contribution in [0.25, 0.3) is 11.3 Å². The fourth-order valence-corrected chi connectivity index (χ4v) is 5.06. The number of hydrogen-bond donors (Lipinski definition) is 2. The van der Waals surface area contributed by atoms with Crippen LogP contribution in [-0.4, -0.2) is 29.1 Å². The second-order valence-electron chi connectivity index (χ2n) is 8.77. The number of halogens is 2. The highest BCUT2D eigenvalue weighted by Gasteiger charge is 2.42. The number of allylic oxidation sites excluding steroid dienone is 3. The van der Waals surface area contributed by atoms with Gasteiger partial charge in [0.1, 0.15) is 11.6 Å². The van der Waals surface area contributed by atoms with Gasteiger partial charge in [-0.2, -0.15) is 5.10 Å². The van der Waals surface area contributed by atoms with Gasteiger partial charge in [0.05, 0.1) is 30.5 Å². The lowest BCUT2D eigenvalue weighted by Gasteiger charge is -2.36. The Labute approximate surface area is 200 Å². The lowest BCUT2D eigenvalue weighted by Crippen LogP contribution is -2.36. The molecule has 6 nitrogen and oxygen atoms in total. The van der Waals surface area contributed by atoms with Crippen molar-refractivity contribution in [3.05, 3.63) is 100 Å². The molecule has 35 heavy (non-hydrogen) atoms. The molecule has 8 heteroatoms. The van der Waals surface area contributed by atoms with E-state index in [0.717, 1.165) is 11.3 Å². The normalized spacial score (nSPS) is 19.9. The zero-order chi connectivity index (χ0) is 24.7. The molecule has 0 spiro atoms. The lowest BCUT2D eigenvalue weighted by atomic mass is 9.71. The van der Waals surface area contributed by atoms with Gasteiger partial charge in [0.25, 0.3) is 0 Å². The summed E-state index contributed by atoms with van der Waals surface area (Å²) >= 11 is 0. The molecule has 2 atom stereocenters. The molecule has 0 bridgehead atoms. The summed E-state index contributed by atoms with van der Waals surface area (Å²) in [6.07, 6.45) is 2.34. The summed E-state index contributed by atoms with van der Waals surface area (Å²) in [6.45, 7) is 1.77. The van der Waals surface area contributed by atoms with Gasteiger partial charge < -0.3 is 10.1 Å². The van der Waals surface area contributed by atoms with E-state index in [1.165, 1.54) is 31.4 Å². The molecule has 178 valence electrons. The van der Waals surface area contributed by atoms with Gasteiger partial charge in [0.2, 0.25) is 0 Å². The van der Waals surface area contributed by atoms with Crippen LogP contribution >= 0.6 is 0 Å². The number of ether oxygens (including phenoxy) is 1. The van der Waals surface area contributed by atoms with Crippen LogP contribution in [-0.2, 0) is 14.3 Å². The summed E-state index contributed by atoms with van der Waals surface area (Å²) in [6, 6.07) is 12.1. The Balaban J connectivity index is 1.63. The van der Waals surface area contributed by atoms with E-state index in [2.05, 4.69) is 15.5 Å². The van der Waals surface area contributed by atoms with Crippen molar-refractivity contribution in [3.8, 4) is 11.3 Å². The molecule has 2 aromatic carbocycles. The fourth-order valence-electron chi connectivity index (χ4n) is 5.06. The number of esters is 1. The molecule has 0 unspecified atom stereocenters. The maximum Gasteiger partial charge on any atom is 0.336 e. The van der Waals surface area contributed by atoms with Crippen LogP contribution in [0, 0.1) is 11.6 Å². The first-order valence-electron chi connectivity index (χ1n) is 11.2. The average molecular weight is 475 g/mol. The van der Waals surface area contributed by atoms with Crippen molar-refractivity contribution in [2.45, 2.75) is 31.6 Å². The minimum Gasteiger partial charge on any atom is -0.466 e. The molecule has 1 aliphatic heterocycles. The maximum absolute atomic E-state index is 13.6. The predicted molar refractivity (Wildman–Crippen MR) is 125 cm³/mol. The van der Waals surface area contributed by atoms with Crippen molar-refractivity contribution < 1.29 is 23.1 Å². The van der Waals surface area contributed by atoms with E-state index in [9.17, 15) is 18.4 Å². The van der Waals surface area contributed by atoms with Gasteiger partial charge in [0, 0.05) is 34.5 Å². The standard InChI is InChI=1S/C27H23F2N3O3/c1-14-23(27(34)35-2)24(20-13-30-32-26(20)16-5-9-19(29)10-6-16)25-21(31-14)11-17(12-22(25)33)15-3-7-18(28)8-4-15/h3-10,13,17,24,31H,11-12H2,1-2H3,(H,30,32)/t17-,24+/m1/s1. The van der Waals surface area contributed by atoms with Gasteiger partial charge in [-0.25, -0.2) is 13.6 Å². The first-order valence-corrected chi connectivity index (χ1v) is 11.2. The number of carbonyl (C=O) groups is 2. The highest BCUT2D eigenvalue weighted by Crippen LogP contribution is 2.47. The van der Waals surface area contributed by atoms with E-state index < -0.39 is 11.9 Å². The highest BCUT2D eigenvalue weighted by molar-refractivity contribution is 6.04. The molecular formula is C27H23F2N3O3. The Kier molecular flexibility index (Phi) is 5.80. The molecule has 1 aromatic heterocycles. The van der Waals surface area contributed by atoms with E-state index in [4.69, 9.17) is 4.74 Å². The number of H-pyrrole nitrogens is 1. The van der Waals surface area contributed by atoms with Crippen molar-refractivity contribution in [2.75, 3.05) is 7.11 Å². The van der Waals surface area contributed by atoms with E-state index in [-0.39, 0.29) is 29.8 Å². The Hall–Kier alpha value is -4.07. The molecule has 0 amide bonds. The topological polar surface area (TPSA) is 84.1 Å². The van der Waals surface area contributed by atoms with Crippen LogP contribution < -0.4 is 5.32 Å². The van der Waals surface area contributed by atoms with E-state index in [0.29, 0.717) is 40.1 Å². The summed E-state index contributed by atoms with van der Waals surface area (Å²) in [5, 5.41) is 10.4. The summed E-state index contributed by atoms with van der Waals surface area (Å²) in [4.78, 5) is 26.5. The number of carbonyl (C=O) groups excluding carboxylic acids is 2. The Bertz CT molecular complexity index is 1370. The average Bonchev–Trinajstić information content (AvgIpc) is 3.33. The number of dihydropyridines is 1. The molecule has 0 saturated heterocycles. The van der Waals surface area contributed by atoms with Gasteiger partial charge in [-0.1, -0.05) is 12.1 Å². The van der Waals surface area contributed by atoms with Crippen LogP contribution in [0.5, 0.6) is 0 Å². The molecule has 1 aliphatic carbocycles. The Morgan fingerprint density at radius 2 is 1.69 bits per heavy atom. The van der Waals surface area contributed by atoms with Crippen molar-refractivity contribution in [1.29, 1.82) is 0 Å². The number of hydrogen-bond acceptors (Lipinski definition) is 5. The largest absolute Gasteiger partial charge is 0.466 e. The number of aromatic nitrogens is 2. The van der Waals surface area contributed by atoms with Gasteiger partial charge in [0.15, 0.2) is 5.78 Å². The van der Waals surface area contributed by atoms with E-state index in [1.807, 2.05) is 0 Å². The third-order valence-electron chi connectivity index (χ3n) is 6.69. The maximum atomic E-state index is 13.6. The number of ketones is 1. The number of nitrogens with one attached hydrogen (secondary N) is 2. The first-order chi connectivity index (χ1) is 16.9. The zero-order valence-corrected chi connectivity index (χ0v) is 19.2. The smallest absolute Gasteiger partial charge is 0.336 e. The SMILES string of the molecule is COC(=O)C1=C(C)NC2=C(C(=O)C[C@H](c3ccc(F)cc3)C2)[C@H]1c1cn[nH]c1-c1ccc(F)cc1. The predicted octanol–water partition coefficient (Wildman–Crippen LogP) is 4.89. The van der Waals surface area contributed by atoms with Crippen LogP contribution in [0.4, 0.5) is 8.78 Å². The number of methoxy groups -OCH3 is 1. The molecule has 2 heterocycles. The molecule has 0 saturated carbocycles. The Morgan fingerprint density at radius 3 is 2.34 bits per heavy atom. The molecule has 2 aliphatic rings. The van der Waals surface area contributed by atoms with Crippen LogP contribution in [0.3, 0.4) is 0 Å². The number of Topliss-reactive ketones (excluding diaryl/α,β-unsaturated/α-hetero) is 1. The van der Waals surface area contributed by atoms with Crippen LogP contribution in [0.1, 0.15) is 42.7 Å². The second-order valence-corrected chi connectivity index (χ2v) is 8.77. The third-order valence-corrected chi connectivity index (χ3v) is 6.69. The number of rotatable bonds is 4. The minimum absolute atomic E-state index is 0.113. The second kappa shape index (κ2) is 8.94. The van der Waals surface area contributed by atoms with Crippen molar-refractivity contribution in [2.24, 2.45) is 0 Å². The quantitative estimate of drug-likeness (QED) is 0.525. The summed E-state index contributed by atoms with van der Waals surface area (Å²) in [5.74, 6) is -2.20. The number of benzene rings is 2. The van der Waals surface area contributed by atoms with Crippen LogP contribution in [0.2, 0.25) is 0 Å². The first kappa shape index (κ1) is 22.7. The molecular weight excluding hydrogens is 452 g/mol. The van der Waals surface area contributed by atoms with E-state index in [1.54, 1.807) is 37.4 Å². The van der Waals surface area contributed by atoms with Crippen molar-refractivity contribution >= 4 is 11.8 Å². The minimum atomic E-state index is -0.709. The fraction of sp³-hybridized carbons (Fsp3) is 0.222. The van der Waals surface area contributed by atoms with Gasteiger partial charge in [-0.15, -0.1) is 0 Å². The molecule has 0 radical (unpaired) electrons. The monoisotopic (exact) mass is 475 g/mol. The summed E-state index contributed by atoms with van der Waals surface area (Å²) in [7, 11) is 1.30. The molecule has 0 fully saturated rings. The van der Waals surface area contributed by atoms with Crippen LogP contribution in [0.15, 0.2) is 77.3 Å². The van der Waals surface area contributed by atoms with E-state index >= 15 is 0 Å². The third kappa shape index (κ3) is 4.05. The van der Waals surface area contributed by atoms with Gasteiger partial charge in [-0.3, -0.25) is 9.89 Å². The summed E-state index contributed by atoms with van der Waals surface area (Å²) < 4.78 is 32.1. The van der Waals surface area contributed by atoms with Gasteiger partial charge >= 0.3 is 5.97 Å². The number of nitrogens with zero attached hydrogens (tertiary/aromatic N) is 1. The molecule has 5 rings (SSSR count). The summed E-state index contributed by atoms with van der Waals surface area (Å²) in [5.41, 5.74) is 4.87. The van der Waals surface area contributed by atoms with Crippen molar-refractivity contribution in [3.63, 3.8) is 0 Å². The zero-order valence-electron chi connectivity index (χ0n) is 19.2. The van der Waals surface area contributed by atoms with Gasteiger partial charge in [-0.05, 0) is 61.2 Å². The van der Waals surface area contributed by atoms with Crippen molar-refractivity contribution in [1.82, 2.24) is 15.5 Å². The molecule has 2 N–H and O–H groups in total.